The third kappa shape index (κ3) is 9.99. The SMILES string of the molecule is CN=C(NCCCCn1ccccc1=O)NCC(C)(C)NC(=O)OC(C)(C)C. The van der Waals surface area contributed by atoms with E-state index < -0.39 is 17.2 Å². The molecule has 1 amide bonds. The van der Waals surface area contributed by atoms with Crippen molar-refractivity contribution in [2.75, 3.05) is 20.1 Å². The maximum absolute atomic E-state index is 11.9. The minimum atomic E-state index is -0.532. The number of nitrogens with zero attached hydrogens (tertiary/aromatic N) is 2. The van der Waals surface area contributed by atoms with Crippen molar-refractivity contribution in [2.45, 2.75) is 65.1 Å². The van der Waals surface area contributed by atoms with E-state index in [-0.39, 0.29) is 5.56 Å². The standard InChI is InChI=1S/C20H35N5O3/c1-19(2,3)28-18(27)24-20(4,5)15-23-17(21-6)22-12-8-10-14-25-13-9-7-11-16(25)26/h7,9,11,13H,8,10,12,14-15H2,1-6H3,(H,24,27)(H2,21,22,23). The fraction of sp³-hybridized carbons (Fsp3) is 0.650. The van der Waals surface area contributed by atoms with Gasteiger partial charge in [-0.25, -0.2) is 4.79 Å². The number of carbonyl (C=O) groups is 1. The molecule has 28 heavy (non-hydrogen) atoms. The first-order valence-corrected chi connectivity index (χ1v) is 9.63. The van der Waals surface area contributed by atoms with Crippen LogP contribution < -0.4 is 21.5 Å². The van der Waals surface area contributed by atoms with E-state index in [4.69, 9.17) is 4.74 Å². The molecule has 1 aromatic heterocycles. The van der Waals surface area contributed by atoms with Crippen LogP contribution in [0.1, 0.15) is 47.5 Å². The predicted molar refractivity (Wildman–Crippen MR) is 113 cm³/mol. The first-order chi connectivity index (χ1) is 13.0. The van der Waals surface area contributed by atoms with Gasteiger partial charge in [0.05, 0.1) is 5.54 Å². The second-order valence-corrected chi connectivity index (χ2v) is 8.30. The number of nitrogens with one attached hydrogen (secondary N) is 3. The second-order valence-electron chi connectivity index (χ2n) is 8.30. The van der Waals surface area contributed by atoms with Crippen LogP contribution in [0.15, 0.2) is 34.2 Å². The van der Waals surface area contributed by atoms with Crippen molar-refractivity contribution in [3.63, 3.8) is 0 Å². The van der Waals surface area contributed by atoms with E-state index in [1.54, 1.807) is 29.9 Å². The summed E-state index contributed by atoms with van der Waals surface area (Å²) in [7, 11) is 1.70. The number of aryl methyl sites for hydroxylation is 1. The molecule has 0 aromatic carbocycles. The molecule has 8 nitrogen and oxygen atoms in total. The van der Waals surface area contributed by atoms with Crippen molar-refractivity contribution in [1.29, 1.82) is 0 Å². The lowest BCUT2D eigenvalue weighted by Crippen LogP contribution is -2.54. The summed E-state index contributed by atoms with van der Waals surface area (Å²) in [5, 5.41) is 9.30. The first kappa shape index (κ1) is 23.5. The maximum Gasteiger partial charge on any atom is 0.408 e. The average Bonchev–Trinajstić information content (AvgIpc) is 2.56. The Labute approximate surface area is 167 Å². The van der Waals surface area contributed by atoms with E-state index >= 15 is 0 Å². The van der Waals surface area contributed by atoms with Gasteiger partial charge in [-0.3, -0.25) is 9.79 Å². The Morgan fingerprint density at radius 2 is 1.86 bits per heavy atom. The van der Waals surface area contributed by atoms with Gasteiger partial charge >= 0.3 is 6.09 Å². The number of carbonyl (C=O) groups excluding carboxylic acids is 1. The van der Waals surface area contributed by atoms with Gasteiger partial charge in [0.25, 0.3) is 0 Å². The van der Waals surface area contributed by atoms with Gasteiger partial charge < -0.3 is 25.3 Å². The van der Waals surface area contributed by atoms with Crippen LogP contribution in [0, 0.1) is 0 Å². The summed E-state index contributed by atoms with van der Waals surface area (Å²) < 4.78 is 7.00. The minimum absolute atomic E-state index is 0.0210. The molecule has 0 fully saturated rings. The lowest BCUT2D eigenvalue weighted by atomic mass is 10.1. The number of aliphatic imine (C=N–C) groups is 1. The van der Waals surface area contributed by atoms with Gasteiger partial charge in [-0.05, 0) is 53.5 Å². The number of alkyl carbamates (subject to hydrolysis) is 1. The van der Waals surface area contributed by atoms with Crippen LogP contribution in [0.2, 0.25) is 0 Å². The Balaban J connectivity index is 2.31. The van der Waals surface area contributed by atoms with Crippen molar-refractivity contribution in [3.8, 4) is 0 Å². The molecule has 8 heteroatoms. The fourth-order valence-corrected chi connectivity index (χ4v) is 2.41. The number of aromatic nitrogens is 1. The number of amides is 1. The Hall–Kier alpha value is -2.51. The van der Waals surface area contributed by atoms with Crippen molar-refractivity contribution in [1.82, 2.24) is 20.5 Å². The van der Waals surface area contributed by atoms with E-state index in [2.05, 4.69) is 20.9 Å². The summed E-state index contributed by atoms with van der Waals surface area (Å²) in [5.74, 6) is 0.663. The molecule has 0 saturated heterocycles. The smallest absolute Gasteiger partial charge is 0.408 e. The number of unbranched alkanes of at least 4 members (excludes halogenated alkanes) is 1. The van der Waals surface area contributed by atoms with Crippen LogP contribution in [0.25, 0.3) is 0 Å². The molecule has 0 aliphatic rings. The Morgan fingerprint density at radius 3 is 2.46 bits per heavy atom. The Bertz CT molecular complexity index is 704. The number of hydrogen-bond donors (Lipinski definition) is 3. The number of pyridine rings is 1. The number of ether oxygens (including phenoxy) is 1. The summed E-state index contributed by atoms with van der Waals surface area (Å²) in [6.07, 6.45) is 3.15. The van der Waals surface area contributed by atoms with E-state index in [1.165, 1.54) is 0 Å². The predicted octanol–water partition coefficient (Wildman–Crippen LogP) is 2.10. The summed E-state index contributed by atoms with van der Waals surface area (Å²) >= 11 is 0. The van der Waals surface area contributed by atoms with Crippen LogP contribution in [0.4, 0.5) is 4.79 Å². The summed E-state index contributed by atoms with van der Waals surface area (Å²) in [5.41, 5.74) is -1.02. The van der Waals surface area contributed by atoms with E-state index in [9.17, 15) is 9.59 Å². The molecule has 1 aromatic rings. The van der Waals surface area contributed by atoms with Crippen molar-refractivity contribution in [3.05, 3.63) is 34.7 Å². The van der Waals surface area contributed by atoms with Crippen molar-refractivity contribution >= 4 is 12.1 Å². The van der Waals surface area contributed by atoms with Crippen molar-refractivity contribution in [2.24, 2.45) is 4.99 Å². The molecular weight excluding hydrogens is 358 g/mol. The maximum atomic E-state index is 11.9. The lowest BCUT2D eigenvalue weighted by molar-refractivity contribution is 0.0474. The molecule has 158 valence electrons. The normalized spacial score (nSPS) is 12.4. The van der Waals surface area contributed by atoms with Gasteiger partial charge in [-0.15, -0.1) is 0 Å². The number of hydrogen-bond acceptors (Lipinski definition) is 4. The van der Waals surface area contributed by atoms with E-state index in [1.807, 2.05) is 40.7 Å². The van der Waals surface area contributed by atoms with Gasteiger partial charge in [0.2, 0.25) is 5.56 Å². The third-order valence-electron chi connectivity index (χ3n) is 3.78. The van der Waals surface area contributed by atoms with Crippen LogP contribution in [0.5, 0.6) is 0 Å². The Morgan fingerprint density at radius 1 is 1.14 bits per heavy atom. The van der Waals surface area contributed by atoms with Gasteiger partial charge in [0.15, 0.2) is 5.96 Å². The molecule has 0 aliphatic heterocycles. The minimum Gasteiger partial charge on any atom is -0.444 e. The molecule has 3 N–H and O–H groups in total. The highest BCUT2D eigenvalue weighted by Crippen LogP contribution is 2.09. The Kier molecular flexibility index (Phi) is 9.02. The number of rotatable bonds is 8. The van der Waals surface area contributed by atoms with E-state index in [0.717, 1.165) is 19.4 Å². The molecule has 1 heterocycles. The highest BCUT2D eigenvalue weighted by Gasteiger charge is 2.24. The van der Waals surface area contributed by atoms with Gasteiger partial charge in [-0.1, -0.05) is 6.07 Å². The molecule has 0 aliphatic carbocycles. The molecule has 0 bridgehead atoms. The largest absolute Gasteiger partial charge is 0.444 e. The monoisotopic (exact) mass is 393 g/mol. The molecule has 0 spiro atoms. The zero-order valence-electron chi connectivity index (χ0n) is 18.0. The lowest BCUT2D eigenvalue weighted by Gasteiger charge is -2.29. The van der Waals surface area contributed by atoms with Gasteiger partial charge in [0.1, 0.15) is 5.60 Å². The molecule has 0 unspecified atom stereocenters. The second kappa shape index (κ2) is 10.7. The summed E-state index contributed by atoms with van der Waals surface area (Å²) in [6, 6.07) is 5.17. The molecule has 0 saturated carbocycles. The molecule has 0 radical (unpaired) electrons. The quantitative estimate of drug-likeness (QED) is 0.357. The van der Waals surface area contributed by atoms with Crippen LogP contribution >= 0.6 is 0 Å². The van der Waals surface area contributed by atoms with Crippen LogP contribution in [0.3, 0.4) is 0 Å². The number of guanidine groups is 1. The molecule has 0 atom stereocenters. The zero-order valence-corrected chi connectivity index (χ0v) is 18.0. The highest BCUT2D eigenvalue weighted by atomic mass is 16.6. The average molecular weight is 394 g/mol. The summed E-state index contributed by atoms with van der Waals surface area (Å²) in [4.78, 5) is 27.8. The van der Waals surface area contributed by atoms with Gasteiger partial charge in [-0.2, -0.15) is 0 Å². The first-order valence-electron chi connectivity index (χ1n) is 9.63. The topological polar surface area (TPSA) is 96.8 Å². The van der Waals surface area contributed by atoms with Crippen LogP contribution in [-0.2, 0) is 11.3 Å². The zero-order chi connectivity index (χ0) is 21.2. The van der Waals surface area contributed by atoms with Crippen molar-refractivity contribution < 1.29 is 9.53 Å². The summed E-state index contributed by atoms with van der Waals surface area (Å²) in [6.45, 7) is 11.2. The van der Waals surface area contributed by atoms with Crippen LogP contribution in [-0.4, -0.2) is 47.9 Å². The highest BCUT2D eigenvalue weighted by molar-refractivity contribution is 5.79. The molecular formula is C20H35N5O3. The fourth-order valence-electron chi connectivity index (χ4n) is 2.41. The molecule has 1 rings (SSSR count). The van der Waals surface area contributed by atoms with Gasteiger partial charge in [0, 0.05) is 38.9 Å². The third-order valence-corrected chi connectivity index (χ3v) is 3.78. The van der Waals surface area contributed by atoms with E-state index in [0.29, 0.717) is 19.0 Å².